The molecule has 0 saturated heterocycles. The third-order valence-electron chi connectivity index (χ3n) is 6.29. The molecule has 0 aliphatic rings. The van der Waals surface area contributed by atoms with Crippen LogP contribution in [0.15, 0.2) is 65.6 Å². The molecule has 0 spiro atoms. The van der Waals surface area contributed by atoms with Gasteiger partial charge in [-0.1, -0.05) is 84.0 Å². The van der Waals surface area contributed by atoms with E-state index < -0.39 is 28.5 Å². The Morgan fingerprint density at radius 3 is 2.10 bits per heavy atom. The molecule has 0 aromatic heterocycles. The molecule has 1 N–H and O–H groups in total. The van der Waals surface area contributed by atoms with Crippen LogP contribution in [-0.2, 0) is 26.2 Å². The van der Waals surface area contributed by atoms with E-state index in [9.17, 15) is 18.0 Å². The van der Waals surface area contributed by atoms with Crippen molar-refractivity contribution in [3.63, 3.8) is 0 Å². The van der Waals surface area contributed by atoms with E-state index in [1.54, 1.807) is 31.2 Å². The second-order valence-electron chi connectivity index (χ2n) is 10.00. The first-order valence-corrected chi connectivity index (χ1v) is 15.7. The van der Waals surface area contributed by atoms with Crippen molar-refractivity contribution in [1.82, 2.24) is 10.2 Å². The van der Waals surface area contributed by atoms with Crippen LogP contribution >= 0.6 is 46.4 Å². The van der Waals surface area contributed by atoms with Crippen LogP contribution in [0.5, 0.6) is 0 Å². The summed E-state index contributed by atoms with van der Waals surface area (Å²) < 4.78 is 28.7. The monoisotopic (exact) mass is 657 g/mol. The minimum atomic E-state index is -4.24. The van der Waals surface area contributed by atoms with Gasteiger partial charge in [-0.25, -0.2) is 8.42 Å². The molecule has 0 heterocycles. The van der Waals surface area contributed by atoms with Crippen LogP contribution in [0.2, 0.25) is 20.1 Å². The molecule has 1 atom stereocenters. The lowest BCUT2D eigenvalue weighted by Gasteiger charge is -2.32. The molecule has 41 heavy (non-hydrogen) atoms. The highest BCUT2D eigenvalue weighted by molar-refractivity contribution is 7.92. The zero-order valence-electron chi connectivity index (χ0n) is 23.0. The van der Waals surface area contributed by atoms with Gasteiger partial charge in [0, 0.05) is 23.1 Å². The van der Waals surface area contributed by atoms with Crippen LogP contribution in [0.3, 0.4) is 0 Å². The number of anilines is 1. The smallest absolute Gasteiger partial charge is 0.264 e. The van der Waals surface area contributed by atoms with E-state index in [-0.39, 0.29) is 39.0 Å². The zero-order chi connectivity index (χ0) is 30.5. The van der Waals surface area contributed by atoms with Gasteiger partial charge in [0.05, 0.1) is 20.6 Å². The van der Waals surface area contributed by atoms with Crippen molar-refractivity contribution in [2.75, 3.05) is 17.4 Å². The Bertz CT molecular complexity index is 1510. The highest BCUT2D eigenvalue weighted by atomic mass is 35.5. The average Bonchev–Trinajstić information content (AvgIpc) is 2.91. The number of nitrogens with zero attached hydrogens (tertiary/aromatic N) is 2. The van der Waals surface area contributed by atoms with Crippen molar-refractivity contribution >= 4 is 73.9 Å². The van der Waals surface area contributed by atoms with E-state index in [2.05, 4.69) is 5.32 Å². The molecule has 0 aliphatic heterocycles. The van der Waals surface area contributed by atoms with Crippen LogP contribution in [0.25, 0.3) is 0 Å². The lowest BCUT2D eigenvalue weighted by Crippen LogP contribution is -2.51. The molecule has 0 fully saturated rings. The number of amides is 2. The number of hydrogen-bond acceptors (Lipinski definition) is 4. The van der Waals surface area contributed by atoms with Gasteiger partial charge in [-0.15, -0.1) is 0 Å². The highest BCUT2D eigenvalue weighted by Crippen LogP contribution is 2.31. The first kappa shape index (κ1) is 33.0. The van der Waals surface area contributed by atoms with Gasteiger partial charge in [-0.3, -0.25) is 13.9 Å². The van der Waals surface area contributed by atoms with Gasteiger partial charge < -0.3 is 10.2 Å². The molecule has 0 aliphatic carbocycles. The summed E-state index contributed by atoms with van der Waals surface area (Å²) in [6.07, 6.45) is 0. The molecule has 0 saturated carbocycles. The van der Waals surface area contributed by atoms with Crippen molar-refractivity contribution < 1.29 is 18.0 Å². The molecule has 0 radical (unpaired) electrons. The predicted octanol–water partition coefficient (Wildman–Crippen LogP) is 6.99. The second-order valence-corrected chi connectivity index (χ2v) is 13.5. The van der Waals surface area contributed by atoms with Crippen LogP contribution in [0.1, 0.15) is 31.9 Å². The summed E-state index contributed by atoms with van der Waals surface area (Å²) in [4.78, 5) is 28.4. The summed E-state index contributed by atoms with van der Waals surface area (Å²) in [5.74, 6) is -0.838. The van der Waals surface area contributed by atoms with Crippen molar-refractivity contribution in [2.45, 2.75) is 45.2 Å². The van der Waals surface area contributed by atoms with E-state index in [0.29, 0.717) is 22.2 Å². The van der Waals surface area contributed by atoms with Gasteiger partial charge in [0.25, 0.3) is 10.0 Å². The standard InChI is InChI=1S/C29H31Cl4N3O4S/c1-18(2)15-34-29(38)20(4)35(16-21-7-8-22(30)13-26(21)32)28(37)17-36(23-9-12-25(31)27(33)14-23)41(39,40)24-10-5-19(3)6-11-24/h5-14,18,20H,15-17H2,1-4H3,(H,34,38)/t20-/m1/s1. The van der Waals surface area contributed by atoms with Crippen LogP contribution in [-0.4, -0.2) is 44.3 Å². The molecular formula is C29H31Cl4N3O4S. The number of nitrogens with one attached hydrogen (secondary N) is 1. The number of halogens is 4. The maximum Gasteiger partial charge on any atom is 0.264 e. The lowest BCUT2D eigenvalue weighted by molar-refractivity contribution is -0.139. The minimum absolute atomic E-state index is 0.0167. The third-order valence-corrected chi connectivity index (χ3v) is 9.40. The minimum Gasteiger partial charge on any atom is -0.354 e. The SMILES string of the molecule is Cc1ccc(S(=O)(=O)N(CC(=O)N(Cc2ccc(Cl)cc2Cl)[C@H](C)C(=O)NCC(C)C)c2ccc(Cl)c(Cl)c2)cc1. The molecular weight excluding hydrogens is 628 g/mol. The van der Waals surface area contributed by atoms with Crippen molar-refractivity contribution in [3.8, 4) is 0 Å². The molecule has 220 valence electrons. The molecule has 3 rings (SSSR count). The lowest BCUT2D eigenvalue weighted by atomic mass is 10.1. The Morgan fingerprint density at radius 2 is 1.51 bits per heavy atom. The van der Waals surface area contributed by atoms with Gasteiger partial charge in [0.1, 0.15) is 12.6 Å². The van der Waals surface area contributed by atoms with E-state index in [1.165, 1.54) is 41.3 Å². The fourth-order valence-corrected chi connectivity index (χ4v) is 6.04. The zero-order valence-corrected chi connectivity index (χ0v) is 26.8. The fraction of sp³-hybridized carbons (Fsp3) is 0.310. The van der Waals surface area contributed by atoms with E-state index in [0.717, 1.165) is 9.87 Å². The maximum absolute atomic E-state index is 14.0. The van der Waals surface area contributed by atoms with Crippen molar-refractivity contribution in [1.29, 1.82) is 0 Å². The molecule has 12 heteroatoms. The first-order chi connectivity index (χ1) is 19.2. The maximum atomic E-state index is 14.0. The Morgan fingerprint density at radius 1 is 0.854 bits per heavy atom. The molecule has 0 unspecified atom stereocenters. The third kappa shape index (κ3) is 8.52. The van der Waals surface area contributed by atoms with Gasteiger partial charge in [-0.2, -0.15) is 0 Å². The summed E-state index contributed by atoms with van der Waals surface area (Å²) in [7, 11) is -4.24. The molecule has 3 aromatic carbocycles. The summed E-state index contributed by atoms with van der Waals surface area (Å²) in [5.41, 5.74) is 1.54. The largest absolute Gasteiger partial charge is 0.354 e. The molecule has 3 aromatic rings. The number of benzene rings is 3. The molecule has 0 bridgehead atoms. The molecule has 2 amide bonds. The Hall–Kier alpha value is -2.49. The Kier molecular flexibility index (Phi) is 11.4. The van der Waals surface area contributed by atoms with Crippen LogP contribution in [0, 0.1) is 12.8 Å². The predicted molar refractivity (Wildman–Crippen MR) is 166 cm³/mol. The first-order valence-electron chi connectivity index (χ1n) is 12.8. The van der Waals surface area contributed by atoms with E-state index >= 15 is 0 Å². The van der Waals surface area contributed by atoms with Gasteiger partial charge >= 0.3 is 0 Å². The summed E-state index contributed by atoms with van der Waals surface area (Å²) in [6.45, 7) is 7.03. The van der Waals surface area contributed by atoms with Crippen molar-refractivity contribution in [3.05, 3.63) is 91.9 Å². The second kappa shape index (κ2) is 14.1. The normalized spacial score (nSPS) is 12.2. The van der Waals surface area contributed by atoms with Gasteiger partial charge in [0.2, 0.25) is 11.8 Å². The van der Waals surface area contributed by atoms with Gasteiger partial charge in [0.15, 0.2) is 0 Å². The van der Waals surface area contributed by atoms with E-state index in [4.69, 9.17) is 46.4 Å². The highest BCUT2D eigenvalue weighted by Gasteiger charge is 2.33. The topological polar surface area (TPSA) is 86.8 Å². The average molecular weight is 659 g/mol. The number of hydrogen-bond donors (Lipinski definition) is 1. The van der Waals surface area contributed by atoms with E-state index in [1.807, 2.05) is 20.8 Å². The van der Waals surface area contributed by atoms with Crippen LogP contribution < -0.4 is 9.62 Å². The van der Waals surface area contributed by atoms with Crippen LogP contribution in [0.4, 0.5) is 5.69 Å². The quantitative estimate of drug-likeness (QED) is 0.241. The number of carbonyl (C=O) groups excluding carboxylic acids is 2. The Labute approximate surface area is 261 Å². The summed E-state index contributed by atoms with van der Waals surface area (Å²) in [5, 5.41) is 3.90. The fourth-order valence-electron chi connectivity index (χ4n) is 3.87. The number of aryl methyl sites for hydroxylation is 1. The summed E-state index contributed by atoms with van der Waals surface area (Å²) in [6, 6.07) is 14.4. The van der Waals surface area contributed by atoms with Crippen molar-refractivity contribution in [2.24, 2.45) is 5.92 Å². The van der Waals surface area contributed by atoms with Gasteiger partial charge in [-0.05, 0) is 67.8 Å². The Balaban J connectivity index is 2.06. The summed E-state index contributed by atoms with van der Waals surface area (Å²) >= 11 is 24.8. The number of rotatable bonds is 11. The number of sulfonamides is 1. The number of carbonyl (C=O) groups is 2. The molecule has 7 nitrogen and oxygen atoms in total.